The molecule has 3 heteroatoms. The van der Waals surface area contributed by atoms with Crippen molar-refractivity contribution in [3.63, 3.8) is 0 Å². The maximum Gasteiger partial charge on any atom is 0.119 e. The van der Waals surface area contributed by atoms with Gasteiger partial charge < -0.3 is 15.4 Å². The number of hydrogen-bond donors (Lipinski definition) is 2. The van der Waals surface area contributed by atoms with Gasteiger partial charge in [-0.05, 0) is 24.1 Å². The van der Waals surface area contributed by atoms with Gasteiger partial charge >= 0.3 is 0 Å². The lowest BCUT2D eigenvalue weighted by Crippen LogP contribution is -2.42. The molecule has 1 fully saturated rings. The normalized spacial score (nSPS) is 19.3. The van der Waals surface area contributed by atoms with Gasteiger partial charge in [-0.25, -0.2) is 0 Å². The number of benzene rings is 1. The Hall–Kier alpha value is -1.06. The molecule has 1 aliphatic rings. The lowest BCUT2D eigenvalue weighted by Gasteiger charge is -2.24. The van der Waals surface area contributed by atoms with Gasteiger partial charge in [-0.15, -0.1) is 0 Å². The Kier molecular flexibility index (Phi) is 6.18. The molecule has 0 spiro atoms. The molecular weight excluding hydrogens is 236 g/mol. The fourth-order valence-electron chi connectivity index (χ4n) is 2.40. The van der Waals surface area contributed by atoms with Crippen LogP contribution in [-0.2, 0) is 0 Å². The summed E-state index contributed by atoms with van der Waals surface area (Å²) in [5, 5.41) is 6.93. The summed E-state index contributed by atoms with van der Waals surface area (Å²) in [7, 11) is 0. The zero-order valence-electron chi connectivity index (χ0n) is 12.0. The summed E-state index contributed by atoms with van der Waals surface area (Å²) in [5.74, 6) is 0.990. The molecule has 1 aromatic rings. The van der Waals surface area contributed by atoms with Crippen molar-refractivity contribution >= 4 is 0 Å². The molecule has 1 saturated heterocycles. The van der Waals surface area contributed by atoms with E-state index in [1.54, 1.807) is 0 Å². The van der Waals surface area contributed by atoms with Crippen LogP contribution in [0.15, 0.2) is 24.3 Å². The van der Waals surface area contributed by atoms with E-state index in [1.165, 1.54) is 24.8 Å². The van der Waals surface area contributed by atoms with Gasteiger partial charge in [0.2, 0.25) is 0 Å². The van der Waals surface area contributed by atoms with E-state index in [0.29, 0.717) is 6.04 Å². The van der Waals surface area contributed by atoms with Crippen molar-refractivity contribution < 1.29 is 4.74 Å². The highest BCUT2D eigenvalue weighted by molar-refractivity contribution is 5.29. The molecule has 1 unspecified atom stereocenters. The van der Waals surface area contributed by atoms with Crippen LogP contribution in [0.5, 0.6) is 5.75 Å². The molecule has 0 radical (unpaired) electrons. The van der Waals surface area contributed by atoms with E-state index in [4.69, 9.17) is 4.74 Å². The first-order chi connectivity index (χ1) is 9.40. The molecule has 2 N–H and O–H groups in total. The third-order valence-corrected chi connectivity index (χ3v) is 3.59. The second-order valence-electron chi connectivity index (χ2n) is 5.19. The third kappa shape index (κ3) is 4.84. The van der Waals surface area contributed by atoms with E-state index in [9.17, 15) is 0 Å². The molecule has 2 rings (SSSR count). The second kappa shape index (κ2) is 8.18. The Morgan fingerprint density at radius 3 is 2.63 bits per heavy atom. The highest BCUT2D eigenvalue weighted by Gasteiger charge is 2.13. The number of piperazine rings is 1. The summed E-state index contributed by atoms with van der Waals surface area (Å²) in [4.78, 5) is 0. The van der Waals surface area contributed by atoms with Crippen LogP contribution in [0.2, 0.25) is 0 Å². The van der Waals surface area contributed by atoms with Crippen LogP contribution in [0.25, 0.3) is 0 Å². The first-order valence-corrected chi connectivity index (χ1v) is 7.57. The average Bonchev–Trinajstić information content (AvgIpc) is 2.49. The second-order valence-corrected chi connectivity index (χ2v) is 5.19. The molecule has 1 heterocycles. The summed E-state index contributed by atoms with van der Waals surface area (Å²) >= 11 is 0. The van der Waals surface area contributed by atoms with Gasteiger partial charge in [0.15, 0.2) is 0 Å². The fourth-order valence-corrected chi connectivity index (χ4v) is 2.40. The van der Waals surface area contributed by atoms with Gasteiger partial charge in [0.1, 0.15) is 5.75 Å². The topological polar surface area (TPSA) is 33.3 Å². The quantitative estimate of drug-likeness (QED) is 0.741. The zero-order chi connectivity index (χ0) is 13.3. The van der Waals surface area contributed by atoms with Gasteiger partial charge in [-0.2, -0.15) is 0 Å². The predicted octanol–water partition coefficient (Wildman–Crippen LogP) is 2.88. The van der Waals surface area contributed by atoms with Crippen LogP contribution < -0.4 is 15.4 Å². The molecule has 1 aliphatic heterocycles. The minimum Gasteiger partial charge on any atom is -0.494 e. The maximum atomic E-state index is 5.76. The van der Waals surface area contributed by atoms with Crippen LogP contribution in [0.1, 0.15) is 44.2 Å². The number of nitrogens with one attached hydrogen (secondary N) is 2. The third-order valence-electron chi connectivity index (χ3n) is 3.59. The highest BCUT2D eigenvalue weighted by atomic mass is 16.5. The standard InChI is InChI=1S/C16H26N2O/c1-2-3-4-5-12-19-15-8-6-14(7-9-15)16-13-17-10-11-18-16/h6-9,16-18H,2-5,10-13H2,1H3. The molecule has 0 saturated carbocycles. The van der Waals surface area contributed by atoms with E-state index in [-0.39, 0.29) is 0 Å². The first-order valence-electron chi connectivity index (χ1n) is 7.57. The minimum atomic E-state index is 0.437. The monoisotopic (exact) mass is 262 g/mol. The summed E-state index contributed by atoms with van der Waals surface area (Å²) < 4.78 is 5.76. The van der Waals surface area contributed by atoms with Crippen molar-refractivity contribution in [2.75, 3.05) is 26.2 Å². The van der Waals surface area contributed by atoms with Crippen LogP contribution >= 0.6 is 0 Å². The van der Waals surface area contributed by atoms with Gasteiger partial charge in [-0.1, -0.05) is 38.3 Å². The minimum absolute atomic E-state index is 0.437. The van der Waals surface area contributed by atoms with Crippen molar-refractivity contribution in [2.45, 2.75) is 38.6 Å². The highest BCUT2D eigenvalue weighted by Crippen LogP contribution is 2.18. The molecule has 1 aromatic carbocycles. The van der Waals surface area contributed by atoms with Crippen molar-refractivity contribution in [1.29, 1.82) is 0 Å². The number of hydrogen-bond acceptors (Lipinski definition) is 3. The number of unbranched alkanes of at least 4 members (excludes halogenated alkanes) is 3. The molecule has 3 nitrogen and oxygen atoms in total. The molecule has 0 amide bonds. The summed E-state index contributed by atoms with van der Waals surface area (Å²) in [6.45, 7) is 6.18. The fraction of sp³-hybridized carbons (Fsp3) is 0.625. The number of rotatable bonds is 7. The zero-order valence-corrected chi connectivity index (χ0v) is 12.0. The smallest absolute Gasteiger partial charge is 0.119 e. The van der Waals surface area contributed by atoms with Crippen molar-refractivity contribution in [3.8, 4) is 5.75 Å². The van der Waals surface area contributed by atoms with E-state index in [1.807, 2.05) is 0 Å². The molecule has 0 aliphatic carbocycles. The summed E-state index contributed by atoms with van der Waals surface area (Å²) in [6.07, 6.45) is 5.01. The Balaban J connectivity index is 1.74. The van der Waals surface area contributed by atoms with E-state index in [2.05, 4.69) is 41.8 Å². The Morgan fingerprint density at radius 1 is 1.11 bits per heavy atom. The van der Waals surface area contributed by atoms with Crippen molar-refractivity contribution in [1.82, 2.24) is 10.6 Å². The summed E-state index contributed by atoms with van der Waals surface area (Å²) in [6, 6.07) is 8.96. The Morgan fingerprint density at radius 2 is 1.95 bits per heavy atom. The molecule has 106 valence electrons. The maximum absolute atomic E-state index is 5.76. The predicted molar refractivity (Wildman–Crippen MR) is 79.7 cm³/mol. The van der Waals surface area contributed by atoms with Gasteiger partial charge in [0, 0.05) is 25.7 Å². The Labute approximate surface area is 116 Å². The van der Waals surface area contributed by atoms with Crippen molar-refractivity contribution in [3.05, 3.63) is 29.8 Å². The van der Waals surface area contributed by atoms with Gasteiger partial charge in [-0.3, -0.25) is 0 Å². The van der Waals surface area contributed by atoms with Crippen LogP contribution in [0.4, 0.5) is 0 Å². The lowest BCUT2D eigenvalue weighted by atomic mass is 10.1. The number of ether oxygens (including phenoxy) is 1. The van der Waals surface area contributed by atoms with E-state index in [0.717, 1.165) is 38.4 Å². The molecular formula is C16H26N2O. The van der Waals surface area contributed by atoms with Gasteiger partial charge in [0.05, 0.1) is 6.61 Å². The van der Waals surface area contributed by atoms with Gasteiger partial charge in [0.25, 0.3) is 0 Å². The SMILES string of the molecule is CCCCCCOc1ccc(C2CNCCN2)cc1. The molecule has 0 aromatic heterocycles. The Bertz CT molecular complexity index is 344. The van der Waals surface area contributed by atoms with Crippen molar-refractivity contribution in [2.24, 2.45) is 0 Å². The largest absolute Gasteiger partial charge is 0.494 e. The average molecular weight is 262 g/mol. The van der Waals surface area contributed by atoms with Crippen LogP contribution in [0, 0.1) is 0 Å². The van der Waals surface area contributed by atoms with Crippen LogP contribution in [-0.4, -0.2) is 26.2 Å². The van der Waals surface area contributed by atoms with E-state index < -0.39 is 0 Å². The van der Waals surface area contributed by atoms with E-state index >= 15 is 0 Å². The van der Waals surface area contributed by atoms with Crippen LogP contribution in [0.3, 0.4) is 0 Å². The molecule has 19 heavy (non-hydrogen) atoms. The molecule has 0 bridgehead atoms. The summed E-state index contributed by atoms with van der Waals surface area (Å²) in [5.41, 5.74) is 1.34. The lowest BCUT2D eigenvalue weighted by molar-refractivity contribution is 0.305. The first kappa shape index (κ1) is 14.4. The molecule has 1 atom stereocenters.